The molecule has 0 heterocycles. The van der Waals surface area contributed by atoms with Crippen molar-refractivity contribution in [2.24, 2.45) is 0 Å². The molecular weight excluding hydrogens is 387 g/mol. The van der Waals surface area contributed by atoms with Gasteiger partial charge in [0.25, 0.3) is 5.91 Å². The molecule has 2 aromatic carbocycles. The van der Waals surface area contributed by atoms with E-state index in [0.717, 1.165) is 6.07 Å². The van der Waals surface area contributed by atoms with Crippen molar-refractivity contribution in [2.45, 2.75) is 26.1 Å². The number of benzene rings is 2. The Labute approximate surface area is 146 Å². The fourth-order valence-corrected chi connectivity index (χ4v) is 2.45. The molecular formula is C17H15BrF3NO2. The number of anilines is 1. The summed E-state index contributed by atoms with van der Waals surface area (Å²) in [5, 5.41) is 2.46. The largest absolute Gasteiger partial charge is 0.491 e. The first-order chi connectivity index (χ1) is 11.2. The van der Waals surface area contributed by atoms with Crippen molar-refractivity contribution in [1.82, 2.24) is 0 Å². The minimum atomic E-state index is -4.50. The molecule has 0 saturated carbocycles. The summed E-state index contributed by atoms with van der Waals surface area (Å²) in [4.78, 5) is 12.1. The average molecular weight is 402 g/mol. The van der Waals surface area contributed by atoms with Crippen LogP contribution in [0.15, 0.2) is 46.9 Å². The van der Waals surface area contributed by atoms with E-state index in [4.69, 9.17) is 4.74 Å². The van der Waals surface area contributed by atoms with Crippen LogP contribution < -0.4 is 10.1 Å². The van der Waals surface area contributed by atoms with Crippen LogP contribution in [0.1, 0.15) is 29.8 Å². The van der Waals surface area contributed by atoms with Crippen molar-refractivity contribution in [2.75, 3.05) is 5.32 Å². The van der Waals surface area contributed by atoms with Gasteiger partial charge in [-0.05, 0) is 56.3 Å². The fourth-order valence-electron chi connectivity index (χ4n) is 1.98. The van der Waals surface area contributed by atoms with Gasteiger partial charge >= 0.3 is 6.18 Å². The van der Waals surface area contributed by atoms with E-state index in [9.17, 15) is 18.0 Å². The summed E-state index contributed by atoms with van der Waals surface area (Å²) in [6, 6.07) is 9.91. The highest BCUT2D eigenvalue weighted by Crippen LogP contribution is 2.36. The lowest BCUT2D eigenvalue weighted by Crippen LogP contribution is -2.13. The van der Waals surface area contributed by atoms with Crippen LogP contribution in [0.2, 0.25) is 0 Å². The molecule has 2 aromatic rings. The molecule has 1 amide bonds. The minimum absolute atomic E-state index is 0.00762. The highest BCUT2D eigenvalue weighted by Gasteiger charge is 2.33. The first kappa shape index (κ1) is 18.3. The van der Waals surface area contributed by atoms with E-state index >= 15 is 0 Å². The summed E-state index contributed by atoms with van der Waals surface area (Å²) in [6.07, 6.45) is -4.50. The van der Waals surface area contributed by atoms with Crippen molar-refractivity contribution in [3.05, 3.63) is 58.1 Å². The topological polar surface area (TPSA) is 38.3 Å². The molecule has 0 atom stereocenters. The zero-order chi connectivity index (χ0) is 17.9. The Morgan fingerprint density at radius 1 is 1.12 bits per heavy atom. The van der Waals surface area contributed by atoms with Crippen molar-refractivity contribution < 1.29 is 22.7 Å². The second-order valence-electron chi connectivity index (χ2n) is 5.34. The molecule has 7 heteroatoms. The number of carbonyl (C=O) groups excluding carboxylic acids is 1. The number of nitrogens with one attached hydrogen (secondary N) is 1. The Bertz CT molecular complexity index is 728. The third kappa shape index (κ3) is 4.74. The fraction of sp³-hybridized carbons (Fsp3) is 0.235. The predicted molar refractivity (Wildman–Crippen MR) is 89.3 cm³/mol. The number of carbonyl (C=O) groups is 1. The van der Waals surface area contributed by atoms with Crippen LogP contribution in [-0.4, -0.2) is 12.0 Å². The smallest absolute Gasteiger partial charge is 0.417 e. The first-order valence-corrected chi connectivity index (χ1v) is 7.91. The zero-order valence-corrected chi connectivity index (χ0v) is 14.5. The van der Waals surface area contributed by atoms with Crippen LogP contribution in [0.3, 0.4) is 0 Å². The maximum absolute atomic E-state index is 12.9. The molecule has 0 bridgehead atoms. The van der Waals surface area contributed by atoms with E-state index in [2.05, 4.69) is 21.2 Å². The van der Waals surface area contributed by atoms with E-state index in [1.807, 2.05) is 13.8 Å². The third-order valence-corrected chi connectivity index (χ3v) is 3.71. The SMILES string of the molecule is CC(C)Oc1ccc(C(=O)Nc2ccc(Br)c(C(F)(F)F)c2)cc1. The average Bonchev–Trinajstić information content (AvgIpc) is 2.48. The van der Waals surface area contributed by atoms with Gasteiger partial charge in [0.15, 0.2) is 0 Å². The maximum Gasteiger partial charge on any atom is 0.417 e. The van der Waals surface area contributed by atoms with Crippen molar-refractivity contribution in [1.29, 1.82) is 0 Å². The van der Waals surface area contributed by atoms with Crippen LogP contribution in [0, 0.1) is 0 Å². The Hall–Kier alpha value is -2.02. The highest BCUT2D eigenvalue weighted by molar-refractivity contribution is 9.10. The van der Waals surface area contributed by atoms with Crippen LogP contribution in [0.5, 0.6) is 5.75 Å². The monoisotopic (exact) mass is 401 g/mol. The van der Waals surface area contributed by atoms with Crippen LogP contribution >= 0.6 is 15.9 Å². The van der Waals surface area contributed by atoms with E-state index in [1.165, 1.54) is 12.1 Å². The Kier molecular flexibility index (Phi) is 5.54. The van der Waals surface area contributed by atoms with Gasteiger partial charge in [-0.1, -0.05) is 15.9 Å². The number of alkyl halides is 3. The van der Waals surface area contributed by atoms with Gasteiger partial charge in [0, 0.05) is 15.7 Å². The Balaban J connectivity index is 2.15. The lowest BCUT2D eigenvalue weighted by molar-refractivity contribution is -0.138. The second-order valence-corrected chi connectivity index (χ2v) is 6.19. The van der Waals surface area contributed by atoms with Crippen LogP contribution in [0.4, 0.5) is 18.9 Å². The summed E-state index contributed by atoms with van der Waals surface area (Å²) >= 11 is 2.86. The molecule has 24 heavy (non-hydrogen) atoms. The predicted octanol–water partition coefficient (Wildman–Crippen LogP) is 5.51. The van der Waals surface area contributed by atoms with Gasteiger partial charge < -0.3 is 10.1 Å². The minimum Gasteiger partial charge on any atom is -0.491 e. The molecule has 0 spiro atoms. The number of halogens is 4. The standard InChI is InChI=1S/C17H15BrF3NO2/c1-10(2)24-13-6-3-11(4-7-13)16(23)22-12-5-8-15(18)14(9-12)17(19,20)21/h3-10H,1-2H3,(H,22,23). The molecule has 128 valence electrons. The summed E-state index contributed by atoms with van der Waals surface area (Å²) in [5.41, 5.74) is -0.457. The highest BCUT2D eigenvalue weighted by atomic mass is 79.9. The number of ether oxygens (including phenoxy) is 1. The van der Waals surface area contributed by atoms with Gasteiger partial charge in [0.1, 0.15) is 5.75 Å². The van der Waals surface area contributed by atoms with E-state index in [-0.39, 0.29) is 16.3 Å². The molecule has 3 nitrogen and oxygen atoms in total. The number of hydrogen-bond acceptors (Lipinski definition) is 2. The summed E-state index contributed by atoms with van der Waals surface area (Å²) in [7, 11) is 0. The van der Waals surface area contributed by atoms with Gasteiger partial charge in [0.2, 0.25) is 0 Å². The van der Waals surface area contributed by atoms with Crippen molar-refractivity contribution in [3.8, 4) is 5.75 Å². The number of amides is 1. The van der Waals surface area contributed by atoms with E-state index in [1.54, 1.807) is 24.3 Å². The van der Waals surface area contributed by atoms with Gasteiger partial charge in [0.05, 0.1) is 11.7 Å². The maximum atomic E-state index is 12.9. The summed E-state index contributed by atoms with van der Waals surface area (Å²) in [6.45, 7) is 3.76. The zero-order valence-electron chi connectivity index (χ0n) is 12.9. The molecule has 0 fully saturated rings. The number of rotatable bonds is 4. The molecule has 0 unspecified atom stereocenters. The Morgan fingerprint density at radius 2 is 1.75 bits per heavy atom. The quantitative estimate of drug-likeness (QED) is 0.733. The molecule has 1 N–H and O–H groups in total. The van der Waals surface area contributed by atoms with E-state index in [0.29, 0.717) is 11.3 Å². The Morgan fingerprint density at radius 3 is 2.29 bits per heavy atom. The van der Waals surface area contributed by atoms with Crippen LogP contribution in [0.25, 0.3) is 0 Å². The van der Waals surface area contributed by atoms with Gasteiger partial charge in [-0.3, -0.25) is 4.79 Å². The van der Waals surface area contributed by atoms with Crippen molar-refractivity contribution in [3.63, 3.8) is 0 Å². The summed E-state index contributed by atoms with van der Waals surface area (Å²) in [5.74, 6) is 0.117. The molecule has 2 rings (SSSR count). The molecule has 0 radical (unpaired) electrons. The van der Waals surface area contributed by atoms with E-state index < -0.39 is 17.6 Å². The molecule has 0 aliphatic rings. The lowest BCUT2D eigenvalue weighted by Gasteiger charge is -2.12. The van der Waals surface area contributed by atoms with Gasteiger partial charge in [-0.15, -0.1) is 0 Å². The normalized spacial score (nSPS) is 11.5. The lowest BCUT2D eigenvalue weighted by atomic mass is 10.1. The molecule has 0 aliphatic carbocycles. The molecule has 0 aliphatic heterocycles. The van der Waals surface area contributed by atoms with Crippen molar-refractivity contribution >= 4 is 27.5 Å². The second kappa shape index (κ2) is 7.25. The molecule has 0 aromatic heterocycles. The van der Waals surface area contributed by atoms with Gasteiger partial charge in [-0.2, -0.15) is 13.2 Å². The molecule has 0 saturated heterocycles. The number of hydrogen-bond donors (Lipinski definition) is 1. The van der Waals surface area contributed by atoms with Gasteiger partial charge in [-0.25, -0.2) is 0 Å². The first-order valence-electron chi connectivity index (χ1n) is 7.11. The van der Waals surface area contributed by atoms with Crippen LogP contribution in [-0.2, 0) is 6.18 Å². The third-order valence-electron chi connectivity index (χ3n) is 3.02. The summed E-state index contributed by atoms with van der Waals surface area (Å²) < 4.78 is 44.0.